The van der Waals surface area contributed by atoms with Gasteiger partial charge >= 0.3 is 0 Å². The van der Waals surface area contributed by atoms with Gasteiger partial charge in [0.25, 0.3) is 0 Å². The van der Waals surface area contributed by atoms with Crippen molar-refractivity contribution in [2.75, 3.05) is 64.3 Å². The molecule has 0 atom stereocenters. The van der Waals surface area contributed by atoms with Crippen LogP contribution in [0, 0.1) is 5.41 Å². The van der Waals surface area contributed by atoms with Crippen LogP contribution in [0.3, 0.4) is 0 Å². The van der Waals surface area contributed by atoms with Gasteiger partial charge in [0, 0.05) is 58.5 Å². The Kier molecular flexibility index (Phi) is 8.47. The monoisotopic (exact) mass is 511 g/mol. The zero-order valence-corrected chi connectivity index (χ0v) is 20.3. The van der Waals surface area contributed by atoms with Gasteiger partial charge in [0.1, 0.15) is 0 Å². The molecule has 29 heavy (non-hydrogen) atoms. The number of rotatable bonds is 6. The summed E-state index contributed by atoms with van der Waals surface area (Å²) in [6.45, 7) is 9.32. The van der Waals surface area contributed by atoms with Crippen LogP contribution in [-0.4, -0.2) is 75.2 Å². The highest BCUT2D eigenvalue weighted by Crippen LogP contribution is 2.47. The van der Waals surface area contributed by atoms with Gasteiger partial charge in [-0.3, -0.25) is 9.89 Å². The Hall–Kier alpha value is -1.02. The van der Waals surface area contributed by atoms with Crippen LogP contribution < -0.4 is 10.2 Å². The lowest BCUT2D eigenvalue weighted by Crippen LogP contribution is -2.46. The summed E-state index contributed by atoms with van der Waals surface area (Å²) in [6, 6.07) is 10.8. The zero-order chi connectivity index (χ0) is 19.2. The van der Waals surface area contributed by atoms with E-state index in [-0.39, 0.29) is 24.0 Å². The van der Waals surface area contributed by atoms with Crippen LogP contribution in [0.4, 0.5) is 5.69 Å². The molecule has 5 nitrogen and oxygen atoms in total. The molecule has 0 unspecified atom stereocenters. The number of para-hydroxylation sites is 1. The largest absolute Gasteiger partial charge is 0.369 e. The maximum Gasteiger partial charge on any atom is 0.193 e. The SMILES string of the molecule is CN=C(NCCCCN1CCN(c2ccccc2)CC1)N1CCC2(CCC2)C1.I. The summed E-state index contributed by atoms with van der Waals surface area (Å²) in [4.78, 5) is 12.1. The standard InChI is InChI=1S/C23H37N5.HI/c1-24-22(28-15-12-23(20-28)10-7-11-23)25-13-5-6-14-26-16-18-27(19-17-26)21-8-3-2-4-9-21;/h2-4,8-9H,5-7,10-20H2,1H3,(H,24,25);1H. The second-order valence-electron chi connectivity index (χ2n) is 8.87. The number of anilines is 1. The topological polar surface area (TPSA) is 34.1 Å². The molecular weight excluding hydrogens is 473 g/mol. The van der Waals surface area contributed by atoms with Gasteiger partial charge in [-0.25, -0.2) is 0 Å². The van der Waals surface area contributed by atoms with Crippen LogP contribution in [-0.2, 0) is 0 Å². The molecule has 4 rings (SSSR count). The number of guanidine groups is 1. The lowest BCUT2D eigenvalue weighted by molar-refractivity contribution is 0.151. The third-order valence-electron chi connectivity index (χ3n) is 7.04. The normalized spacial score (nSPS) is 21.8. The molecule has 2 aliphatic heterocycles. The predicted molar refractivity (Wildman–Crippen MR) is 134 cm³/mol. The first-order valence-corrected chi connectivity index (χ1v) is 11.3. The van der Waals surface area contributed by atoms with E-state index in [1.54, 1.807) is 0 Å². The van der Waals surface area contributed by atoms with E-state index in [4.69, 9.17) is 0 Å². The molecule has 0 radical (unpaired) electrons. The number of likely N-dealkylation sites (tertiary alicyclic amines) is 1. The average Bonchev–Trinajstić information content (AvgIpc) is 3.18. The summed E-state index contributed by atoms with van der Waals surface area (Å²) >= 11 is 0. The summed E-state index contributed by atoms with van der Waals surface area (Å²) in [7, 11) is 1.93. The van der Waals surface area contributed by atoms with Crippen molar-refractivity contribution in [2.24, 2.45) is 10.4 Å². The minimum atomic E-state index is 0. The molecule has 2 saturated heterocycles. The lowest BCUT2D eigenvalue weighted by Gasteiger charge is -2.38. The number of piperazine rings is 1. The van der Waals surface area contributed by atoms with Crippen LogP contribution >= 0.6 is 24.0 Å². The van der Waals surface area contributed by atoms with Gasteiger partial charge in [0.05, 0.1) is 0 Å². The van der Waals surface area contributed by atoms with E-state index in [2.05, 4.69) is 55.3 Å². The smallest absolute Gasteiger partial charge is 0.193 e. The van der Waals surface area contributed by atoms with Crippen LogP contribution in [0.15, 0.2) is 35.3 Å². The average molecular weight is 511 g/mol. The zero-order valence-electron chi connectivity index (χ0n) is 18.0. The molecule has 0 amide bonds. The van der Waals surface area contributed by atoms with Gasteiger partial charge in [-0.1, -0.05) is 24.6 Å². The van der Waals surface area contributed by atoms with Gasteiger partial charge in [0.15, 0.2) is 5.96 Å². The first kappa shape index (κ1) is 22.7. The van der Waals surface area contributed by atoms with Crippen molar-refractivity contribution < 1.29 is 0 Å². The number of aliphatic imine (C=N–C) groups is 1. The Morgan fingerprint density at radius 2 is 1.76 bits per heavy atom. The second-order valence-corrected chi connectivity index (χ2v) is 8.87. The van der Waals surface area contributed by atoms with Crippen molar-refractivity contribution in [1.29, 1.82) is 0 Å². The Balaban J connectivity index is 0.00000240. The summed E-state index contributed by atoms with van der Waals surface area (Å²) in [5.74, 6) is 1.13. The van der Waals surface area contributed by atoms with E-state index < -0.39 is 0 Å². The summed E-state index contributed by atoms with van der Waals surface area (Å²) in [5, 5.41) is 3.61. The summed E-state index contributed by atoms with van der Waals surface area (Å²) < 4.78 is 0. The quantitative estimate of drug-likeness (QED) is 0.274. The molecule has 1 aromatic carbocycles. The van der Waals surface area contributed by atoms with Crippen molar-refractivity contribution in [1.82, 2.24) is 15.1 Å². The van der Waals surface area contributed by atoms with Gasteiger partial charge in [-0.2, -0.15) is 0 Å². The highest BCUT2D eigenvalue weighted by atomic mass is 127. The van der Waals surface area contributed by atoms with E-state index in [9.17, 15) is 0 Å². The Morgan fingerprint density at radius 1 is 1.00 bits per heavy atom. The van der Waals surface area contributed by atoms with Gasteiger partial charge in [-0.05, 0) is 56.2 Å². The maximum atomic E-state index is 4.53. The number of hydrogen-bond donors (Lipinski definition) is 1. The number of halogens is 1. The molecule has 1 spiro atoms. The second kappa shape index (κ2) is 10.8. The van der Waals surface area contributed by atoms with E-state index in [1.807, 2.05) is 7.05 Å². The molecule has 162 valence electrons. The van der Waals surface area contributed by atoms with E-state index >= 15 is 0 Å². The first-order valence-electron chi connectivity index (χ1n) is 11.3. The highest BCUT2D eigenvalue weighted by molar-refractivity contribution is 14.0. The number of hydrogen-bond acceptors (Lipinski definition) is 3. The van der Waals surface area contributed by atoms with Crippen molar-refractivity contribution in [2.45, 2.75) is 38.5 Å². The van der Waals surface area contributed by atoms with Crippen molar-refractivity contribution in [3.63, 3.8) is 0 Å². The van der Waals surface area contributed by atoms with E-state index in [0.29, 0.717) is 5.41 Å². The summed E-state index contributed by atoms with van der Waals surface area (Å²) in [6.07, 6.45) is 8.13. The fraction of sp³-hybridized carbons (Fsp3) is 0.696. The molecular formula is C23H38IN5. The molecule has 6 heteroatoms. The minimum Gasteiger partial charge on any atom is -0.369 e. The molecule has 3 fully saturated rings. The maximum absolute atomic E-state index is 4.53. The fourth-order valence-electron chi connectivity index (χ4n) is 5.06. The molecule has 2 heterocycles. The number of unbranched alkanes of at least 4 members (excludes halogenated alkanes) is 1. The Morgan fingerprint density at radius 3 is 2.38 bits per heavy atom. The lowest BCUT2D eigenvalue weighted by atomic mass is 9.68. The van der Waals surface area contributed by atoms with Gasteiger partial charge in [-0.15, -0.1) is 24.0 Å². The minimum absolute atomic E-state index is 0. The molecule has 3 aliphatic rings. The molecule has 0 bridgehead atoms. The number of nitrogens with zero attached hydrogens (tertiary/aromatic N) is 4. The fourth-order valence-corrected chi connectivity index (χ4v) is 5.06. The van der Waals surface area contributed by atoms with Crippen LogP contribution in [0.25, 0.3) is 0 Å². The van der Waals surface area contributed by atoms with E-state index in [1.165, 1.54) is 76.9 Å². The molecule has 1 aliphatic carbocycles. The van der Waals surface area contributed by atoms with E-state index in [0.717, 1.165) is 25.6 Å². The molecule has 0 aromatic heterocycles. The Labute approximate surface area is 193 Å². The Bertz CT molecular complexity index is 638. The van der Waals surface area contributed by atoms with Crippen molar-refractivity contribution in [3.05, 3.63) is 30.3 Å². The first-order chi connectivity index (χ1) is 13.8. The van der Waals surface area contributed by atoms with Crippen molar-refractivity contribution in [3.8, 4) is 0 Å². The van der Waals surface area contributed by atoms with Gasteiger partial charge < -0.3 is 15.1 Å². The van der Waals surface area contributed by atoms with Crippen molar-refractivity contribution >= 4 is 35.6 Å². The molecule has 1 saturated carbocycles. The van der Waals surface area contributed by atoms with Crippen LogP contribution in [0.1, 0.15) is 38.5 Å². The molecule has 1 aromatic rings. The summed E-state index contributed by atoms with van der Waals surface area (Å²) in [5.41, 5.74) is 2.00. The van der Waals surface area contributed by atoms with Crippen LogP contribution in [0.2, 0.25) is 0 Å². The van der Waals surface area contributed by atoms with Crippen LogP contribution in [0.5, 0.6) is 0 Å². The molecule has 1 N–H and O–H groups in total. The number of nitrogens with one attached hydrogen (secondary N) is 1. The predicted octanol–water partition coefficient (Wildman–Crippen LogP) is 3.66. The third kappa shape index (κ3) is 5.78. The highest BCUT2D eigenvalue weighted by Gasteiger charge is 2.43. The van der Waals surface area contributed by atoms with Gasteiger partial charge in [0.2, 0.25) is 0 Å². The third-order valence-corrected chi connectivity index (χ3v) is 7.04. The number of benzene rings is 1.